The highest BCUT2D eigenvalue weighted by Gasteiger charge is 2.69. The average Bonchev–Trinajstić information content (AvgIpc) is 2.99. The number of carbonyl (C=O) groups excluding carboxylic acids is 3. The quantitative estimate of drug-likeness (QED) is 0.619. The minimum absolute atomic E-state index is 0.0570. The van der Waals surface area contributed by atoms with Crippen molar-refractivity contribution in [3.63, 3.8) is 0 Å². The van der Waals surface area contributed by atoms with Crippen LogP contribution in [0, 0.1) is 35.0 Å². The van der Waals surface area contributed by atoms with Crippen molar-refractivity contribution in [2.24, 2.45) is 22.7 Å². The second kappa shape index (κ2) is 8.36. The summed E-state index contributed by atoms with van der Waals surface area (Å²) < 4.78 is 38.5. The molecule has 0 spiro atoms. The summed E-state index contributed by atoms with van der Waals surface area (Å²) in [6.07, 6.45) is 1.72. The molecule has 31 heavy (non-hydrogen) atoms. The Hall–Kier alpha value is -2.24. The Morgan fingerprint density at radius 2 is 1.77 bits per heavy atom. The Labute approximate surface area is 181 Å². The monoisotopic (exact) mass is 443 g/mol. The minimum atomic E-state index is -5.12. The number of hydrogen-bond donors (Lipinski definition) is 2. The fraction of sp³-hybridized carbons (Fsp3) is 0.773. The first-order chi connectivity index (χ1) is 14.1. The van der Waals surface area contributed by atoms with E-state index >= 15 is 0 Å². The molecule has 1 saturated carbocycles. The Morgan fingerprint density at radius 1 is 1.19 bits per heavy atom. The molecule has 174 valence electrons. The number of hydrogen-bond acceptors (Lipinski definition) is 3. The zero-order valence-electron chi connectivity index (χ0n) is 18.9. The van der Waals surface area contributed by atoms with Gasteiger partial charge < -0.3 is 15.5 Å². The van der Waals surface area contributed by atoms with Gasteiger partial charge in [-0.3, -0.25) is 14.4 Å². The maximum absolute atomic E-state index is 13.4. The van der Waals surface area contributed by atoms with Gasteiger partial charge in [0.05, 0.1) is 6.04 Å². The largest absolute Gasteiger partial charge is 0.471 e. The molecule has 1 heterocycles. The molecule has 0 radical (unpaired) electrons. The van der Waals surface area contributed by atoms with E-state index in [4.69, 9.17) is 6.42 Å². The molecule has 0 bridgehead atoms. The molecule has 0 aromatic heterocycles. The van der Waals surface area contributed by atoms with E-state index in [1.54, 1.807) is 20.8 Å². The zero-order chi connectivity index (χ0) is 23.9. The first kappa shape index (κ1) is 25.0. The summed E-state index contributed by atoms with van der Waals surface area (Å²) in [4.78, 5) is 39.4. The average molecular weight is 444 g/mol. The van der Waals surface area contributed by atoms with E-state index in [1.165, 1.54) is 4.90 Å². The number of alkyl halides is 3. The van der Waals surface area contributed by atoms with Gasteiger partial charge in [0.2, 0.25) is 11.8 Å². The van der Waals surface area contributed by atoms with Gasteiger partial charge in [0.1, 0.15) is 12.1 Å². The number of fused-ring (bicyclic) bond motifs is 1. The van der Waals surface area contributed by atoms with Gasteiger partial charge in [-0.15, -0.1) is 6.42 Å². The van der Waals surface area contributed by atoms with Crippen molar-refractivity contribution < 1.29 is 27.6 Å². The Kier molecular flexibility index (Phi) is 6.75. The van der Waals surface area contributed by atoms with Crippen LogP contribution in [0.15, 0.2) is 0 Å². The molecule has 2 rings (SSSR count). The molecule has 2 aliphatic rings. The maximum Gasteiger partial charge on any atom is 0.471 e. The van der Waals surface area contributed by atoms with E-state index in [0.717, 1.165) is 6.42 Å². The van der Waals surface area contributed by atoms with Gasteiger partial charge in [0, 0.05) is 6.54 Å². The molecule has 1 aliphatic carbocycles. The van der Waals surface area contributed by atoms with E-state index in [-0.39, 0.29) is 23.8 Å². The number of carbonyl (C=O) groups is 3. The van der Waals surface area contributed by atoms with Gasteiger partial charge in [0.15, 0.2) is 0 Å². The van der Waals surface area contributed by atoms with E-state index < -0.39 is 47.4 Å². The van der Waals surface area contributed by atoms with Crippen molar-refractivity contribution >= 4 is 17.7 Å². The molecule has 0 unspecified atom stereocenters. The summed E-state index contributed by atoms with van der Waals surface area (Å²) in [5.74, 6) is -0.813. The molecule has 3 amide bonds. The van der Waals surface area contributed by atoms with E-state index in [2.05, 4.69) is 11.2 Å². The highest BCUT2D eigenvalue weighted by molar-refractivity contribution is 5.95. The SMILES string of the molecule is C#C[C@H](CCC)NC(=O)[C@@H]1[C@@H]2[C@H](CN1C(=O)[C@@H](NC(=O)C(F)(F)F)C(C)(C)C)C2(C)C. The number of nitrogens with one attached hydrogen (secondary N) is 2. The number of likely N-dealkylation sites (tertiary alicyclic amines) is 1. The number of piperidine rings is 1. The van der Waals surface area contributed by atoms with Crippen LogP contribution in [0.1, 0.15) is 54.4 Å². The molecule has 1 aliphatic heterocycles. The number of rotatable bonds is 6. The van der Waals surface area contributed by atoms with Gasteiger partial charge >= 0.3 is 12.1 Å². The molecule has 9 heteroatoms. The van der Waals surface area contributed by atoms with Crippen molar-refractivity contribution in [3.05, 3.63) is 0 Å². The third-order valence-corrected chi connectivity index (χ3v) is 6.50. The molecule has 0 aromatic rings. The van der Waals surface area contributed by atoms with Gasteiger partial charge in [-0.05, 0) is 29.1 Å². The molecule has 2 N–H and O–H groups in total. The van der Waals surface area contributed by atoms with Crippen molar-refractivity contribution in [2.75, 3.05) is 6.54 Å². The van der Waals surface area contributed by atoms with E-state index in [9.17, 15) is 27.6 Å². The lowest BCUT2D eigenvalue weighted by Crippen LogP contribution is -2.61. The van der Waals surface area contributed by atoms with Crippen LogP contribution in [0.2, 0.25) is 0 Å². The predicted octanol–water partition coefficient (Wildman–Crippen LogP) is 2.48. The maximum atomic E-state index is 13.4. The molecule has 1 saturated heterocycles. The van der Waals surface area contributed by atoms with E-state index in [0.29, 0.717) is 6.42 Å². The molecule has 5 atom stereocenters. The van der Waals surface area contributed by atoms with Crippen LogP contribution in [-0.4, -0.2) is 53.5 Å². The number of terminal acetylenes is 1. The summed E-state index contributed by atoms with van der Waals surface area (Å²) >= 11 is 0. The van der Waals surface area contributed by atoms with Crippen LogP contribution in [0.25, 0.3) is 0 Å². The fourth-order valence-corrected chi connectivity index (χ4v) is 4.58. The van der Waals surface area contributed by atoms with Crippen LogP contribution < -0.4 is 10.6 Å². The summed E-state index contributed by atoms with van der Waals surface area (Å²) in [5.41, 5.74) is -1.16. The van der Waals surface area contributed by atoms with Crippen molar-refractivity contribution in [1.82, 2.24) is 15.5 Å². The molecule has 2 fully saturated rings. The Bertz CT molecular complexity index is 780. The lowest BCUT2D eigenvalue weighted by molar-refractivity contribution is -0.176. The topological polar surface area (TPSA) is 78.5 Å². The lowest BCUT2D eigenvalue weighted by atomic mass is 9.85. The summed E-state index contributed by atoms with van der Waals surface area (Å²) in [5, 5.41) is 4.63. The number of halogens is 3. The smallest absolute Gasteiger partial charge is 0.341 e. The highest BCUT2D eigenvalue weighted by atomic mass is 19.4. The van der Waals surface area contributed by atoms with Crippen molar-refractivity contribution in [3.8, 4) is 12.3 Å². The summed E-state index contributed by atoms with van der Waals surface area (Å²) in [6.45, 7) is 10.9. The number of nitrogens with zero attached hydrogens (tertiary/aromatic N) is 1. The summed E-state index contributed by atoms with van der Waals surface area (Å²) in [6, 6.07) is -2.76. The third kappa shape index (κ3) is 4.99. The second-order valence-corrected chi connectivity index (χ2v) is 10.2. The lowest BCUT2D eigenvalue weighted by Gasteiger charge is -2.37. The molecular weight excluding hydrogens is 411 g/mol. The molecule has 0 aromatic carbocycles. The Morgan fingerprint density at radius 3 is 2.23 bits per heavy atom. The standard InChI is InChI=1S/C22H32F3N3O3/c1-8-10-12(9-2)26-17(29)15-14-13(21(14,6)7)11-28(15)18(30)16(20(3,4)5)27-19(31)22(23,24)25/h2,12-16H,8,10-11H2,1,3-7H3,(H,26,29)(H,27,31)/t12-,13+,14+,15+,16-/m1/s1. The van der Waals surface area contributed by atoms with Crippen molar-refractivity contribution in [2.45, 2.75) is 78.7 Å². The van der Waals surface area contributed by atoms with Crippen LogP contribution in [0.3, 0.4) is 0 Å². The van der Waals surface area contributed by atoms with E-state index in [1.807, 2.05) is 26.1 Å². The van der Waals surface area contributed by atoms with Gasteiger partial charge in [-0.2, -0.15) is 13.2 Å². The Balaban J connectivity index is 2.30. The normalized spacial score (nSPS) is 26.3. The zero-order valence-corrected chi connectivity index (χ0v) is 18.9. The molecule has 6 nitrogen and oxygen atoms in total. The van der Waals surface area contributed by atoms with Gasteiger partial charge in [-0.1, -0.05) is 53.9 Å². The minimum Gasteiger partial charge on any atom is -0.341 e. The summed E-state index contributed by atoms with van der Waals surface area (Å²) in [7, 11) is 0. The van der Waals surface area contributed by atoms with Crippen LogP contribution in [0.4, 0.5) is 13.2 Å². The highest BCUT2D eigenvalue weighted by Crippen LogP contribution is 2.65. The first-order valence-electron chi connectivity index (χ1n) is 10.5. The first-order valence-corrected chi connectivity index (χ1v) is 10.5. The number of amides is 3. The van der Waals surface area contributed by atoms with Crippen LogP contribution in [0.5, 0.6) is 0 Å². The van der Waals surface area contributed by atoms with Crippen molar-refractivity contribution in [1.29, 1.82) is 0 Å². The second-order valence-electron chi connectivity index (χ2n) is 10.2. The van der Waals surface area contributed by atoms with Gasteiger partial charge in [-0.25, -0.2) is 0 Å². The van der Waals surface area contributed by atoms with Crippen LogP contribution >= 0.6 is 0 Å². The van der Waals surface area contributed by atoms with Crippen LogP contribution in [-0.2, 0) is 14.4 Å². The fourth-order valence-electron chi connectivity index (χ4n) is 4.58. The third-order valence-electron chi connectivity index (χ3n) is 6.50. The molecular formula is C22H32F3N3O3. The van der Waals surface area contributed by atoms with Gasteiger partial charge in [0.25, 0.3) is 0 Å². The predicted molar refractivity (Wildman–Crippen MR) is 109 cm³/mol.